The Bertz CT molecular complexity index is 496. The molecule has 3 rings (SSSR count). The van der Waals surface area contributed by atoms with Crippen molar-refractivity contribution in [1.29, 1.82) is 0 Å². The average Bonchev–Trinajstić information content (AvgIpc) is 2.85. The SMILES string of the molecule is CC(C)(c1nc(C2CCC2)no1)n1cccn1. The maximum Gasteiger partial charge on any atom is 0.254 e. The Hall–Kier alpha value is -1.65. The second-order valence-electron chi connectivity index (χ2n) is 5.10. The van der Waals surface area contributed by atoms with Crippen LogP contribution in [0.15, 0.2) is 23.0 Å². The van der Waals surface area contributed by atoms with Crippen molar-refractivity contribution in [2.75, 3.05) is 0 Å². The highest BCUT2D eigenvalue weighted by Gasteiger charge is 2.32. The highest BCUT2D eigenvalue weighted by molar-refractivity contribution is 5.06. The van der Waals surface area contributed by atoms with Gasteiger partial charge in [-0.05, 0) is 32.8 Å². The van der Waals surface area contributed by atoms with Crippen LogP contribution in [0.1, 0.15) is 50.7 Å². The monoisotopic (exact) mass is 232 g/mol. The molecule has 0 unspecified atom stereocenters. The fourth-order valence-corrected chi connectivity index (χ4v) is 2.01. The minimum Gasteiger partial charge on any atom is -0.337 e. The molecule has 1 fully saturated rings. The van der Waals surface area contributed by atoms with E-state index in [4.69, 9.17) is 4.52 Å². The van der Waals surface area contributed by atoms with Crippen molar-refractivity contribution in [1.82, 2.24) is 19.9 Å². The third-order valence-electron chi connectivity index (χ3n) is 3.51. The number of nitrogens with zero attached hydrogens (tertiary/aromatic N) is 4. The minimum atomic E-state index is -0.390. The first-order chi connectivity index (χ1) is 8.18. The Morgan fingerprint density at radius 1 is 1.41 bits per heavy atom. The lowest BCUT2D eigenvalue weighted by Crippen LogP contribution is -2.28. The van der Waals surface area contributed by atoms with Crippen molar-refractivity contribution in [2.24, 2.45) is 0 Å². The molecule has 5 nitrogen and oxygen atoms in total. The summed E-state index contributed by atoms with van der Waals surface area (Å²) in [5, 5.41) is 8.33. The van der Waals surface area contributed by atoms with Gasteiger partial charge in [0.1, 0.15) is 5.54 Å². The van der Waals surface area contributed by atoms with E-state index in [2.05, 4.69) is 15.2 Å². The van der Waals surface area contributed by atoms with E-state index in [1.807, 2.05) is 30.8 Å². The van der Waals surface area contributed by atoms with Gasteiger partial charge in [-0.1, -0.05) is 11.6 Å². The van der Waals surface area contributed by atoms with Crippen LogP contribution < -0.4 is 0 Å². The molecule has 0 bridgehead atoms. The maximum absolute atomic E-state index is 5.39. The third kappa shape index (κ3) is 1.66. The van der Waals surface area contributed by atoms with Gasteiger partial charge in [0.25, 0.3) is 5.89 Å². The zero-order valence-corrected chi connectivity index (χ0v) is 10.1. The Morgan fingerprint density at radius 3 is 2.82 bits per heavy atom. The van der Waals surface area contributed by atoms with Crippen molar-refractivity contribution < 1.29 is 4.52 Å². The van der Waals surface area contributed by atoms with E-state index < -0.39 is 5.54 Å². The van der Waals surface area contributed by atoms with Gasteiger partial charge in [0.05, 0.1) is 0 Å². The molecule has 1 aliphatic carbocycles. The van der Waals surface area contributed by atoms with Gasteiger partial charge >= 0.3 is 0 Å². The van der Waals surface area contributed by atoms with E-state index in [9.17, 15) is 0 Å². The molecule has 0 saturated heterocycles. The van der Waals surface area contributed by atoms with Crippen LogP contribution in [0.5, 0.6) is 0 Å². The van der Waals surface area contributed by atoms with Crippen molar-refractivity contribution >= 4 is 0 Å². The molecular formula is C12H16N4O. The molecule has 5 heteroatoms. The van der Waals surface area contributed by atoms with Gasteiger partial charge in [0, 0.05) is 18.3 Å². The molecular weight excluding hydrogens is 216 g/mol. The number of rotatable bonds is 3. The Balaban J connectivity index is 1.90. The molecule has 0 atom stereocenters. The largest absolute Gasteiger partial charge is 0.337 e. The van der Waals surface area contributed by atoms with E-state index in [1.54, 1.807) is 6.20 Å². The average molecular weight is 232 g/mol. The molecule has 0 spiro atoms. The summed E-state index contributed by atoms with van der Waals surface area (Å²) in [6.45, 7) is 4.05. The molecule has 17 heavy (non-hydrogen) atoms. The second kappa shape index (κ2) is 3.68. The fourth-order valence-electron chi connectivity index (χ4n) is 2.01. The maximum atomic E-state index is 5.39. The number of hydrogen-bond acceptors (Lipinski definition) is 4. The molecule has 0 N–H and O–H groups in total. The summed E-state index contributed by atoms with van der Waals surface area (Å²) in [7, 11) is 0. The quantitative estimate of drug-likeness (QED) is 0.814. The summed E-state index contributed by atoms with van der Waals surface area (Å²) in [6, 6.07) is 1.89. The van der Waals surface area contributed by atoms with Crippen LogP contribution in [0.25, 0.3) is 0 Å². The van der Waals surface area contributed by atoms with E-state index in [0.29, 0.717) is 11.8 Å². The van der Waals surface area contributed by atoms with Gasteiger partial charge in [0.2, 0.25) is 0 Å². The van der Waals surface area contributed by atoms with Gasteiger partial charge in [-0.25, -0.2) is 0 Å². The summed E-state index contributed by atoms with van der Waals surface area (Å²) < 4.78 is 7.23. The molecule has 90 valence electrons. The summed E-state index contributed by atoms with van der Waals surface area (Å²) in [6.07, 6.45) is 7.30. The van der Waals surface area contributed by atoms with Crippen LogP contribution in [0.3, 0.4) is 0 Å². The van der Waals surface area contributed by atoms with Crippen LogP contribution >= 0.6 is 0 Å². The summed E-state index contributed by atoms with van der Waals surface area (Å²) in [4.78, 5) is 4.52. The molecule has 2 heterocycles. The topological polar surface area (TPSA) is 56.7 Å². The predicted molar refractivity (Wildman–Crippen MR) is 61.5 cm³/mol. The molecule has 2 aromatic rings. The lowest BCUT2D eigenvalue weighted by molar-refractivity contribution is 0.258. The van der Waals surface area contributed by atoms with Crippen LogP contribution in [0.4, 0.5) is 0 Å². The Morgan fingerprint density at radius 2 is 2.24 bits per heavy atom. The summed E-state index contributed by atoms with van der Waals surface area (Å²) >= 11 is 0. The van der Waals surface area contributed by atoms with Crippen LogP contribution in [0, 0.1) is 0 Å². The van der Waals surface area contributed by atoms with E-state index >= 15 is 0 Å². The standard InChI is InChI=1S/C12H16N4O/c1-12(2,16-8-4-7-13-16)11-14-10(15-17-11)9-5-3-6-9/h4,7-9H,3,5-6H2,1-2H3. The first kappa shape index (κ1) is 10.5. The smallest absolute Gasteiger partial charge is 0.254 e. The third-order valence-corrected chi connectivity index (χ3v) is 3.51. The zero-order chi connectivity index (χ0) is 11.9. The van der Waals surface area contributed by atoms with Crippen molar-refractivity contribution in [3.63, 3.8) is 0 Å². The number of hydrogen-bond donors (Lipinski definition) is 0. The molecule has 1 saturated carbocycles. The molecule has 0 amide bonds. The fraction of sp³-hybridized carbons (Fsp3) is 0.583. The van der Waals surface area contributed by atoms with Gasteiger partial charge in [0.15, 0.2) is 5.82 Å². The van der Waals surface area contributed by atoms with E-state index in [-0.39, 0.29) is 0 Å². The van der Waals surface area contributed by atoms with Crippen molar-refractivity contribution in [3.05, 3.63) is 30.2 Å². The normalized spacial score (nSPS) is 17.1. The highest BCUT2D eigenvalue weighted by Crippen LogP contribution is 2.35. The van der Waals surface area contributed by atoms with Crippen LogP contribution in [0.2, 0.25) is 0 Å². The minimum absolute atomic E-state index is 0.390. The molecule has 0 aromatic carbocycles. The Kier molecular flexibility index (Phi) is 2.28. The molecule has 0 radical (unpaired) electrons. The van der Waals surface area contributed by atoms with E-state index in [1.165, 1.54) is 19.3 Å². The lowest BCUT2D eigenvalue weighted by atomic mass is 9.85. The van der Waals surface area contributed by atoms with Crippen molar-refractivity contribution in [2.45, 2.75) is 44.6 Å². The van der Waals surface area contributed by atoms with Crippen LogP contribution in [-0.4, -0.2) is 19.9 Å². The second-order valence-corrected chi connectivity index (χ2v) is 5.10. The summed E-state index contributed by atoms with van der Waals surface area (Å²) in [5.41, 5.74) is -0.390. The van der Waals surface area contributed by atoms with Gasteiger partial charge in [-0.3, -0.25) is 4.68 Å². The Labute approximate surface area is 99.8 Å². The lowest BCUT2D eigenvalue weighted by Gasteiger charge is -2.22. The summed E-state index contributed by atoms with van der Waals surface area (Å²) in [5.74, 6) is 1.98. The van der Waals surface area contributed by atoms with Crippen molar-refractivity contribution in [3.8, 4) is 0 Å². The predicted octanol–water partition coefficient (Wildman–Crippen LogP) is 2.32. The van der Waals surface area contributed by atoms with Gasteiger partial charge in [-0.2, -0.15) is 10.1 Å². The van der Waals surface area contributed by atoms with Crippen LogP contribution in [-0.2, 0) is 5.54 Å². The number of aromatic nitrogens is 4. The van der Waals surface area contributed by atoms with Gasteiger partial charge in [-0.15, -0.1) is 0 Å². The van der Waals surface area contributed by atoms with Gasteiger partial charge < -0.3 is 4.52 Å². The van der Waals surface area contributed by atoms with E-state index in [0.717, 1.165) is 5.82 Å². The first-order valence-electron chi connectivity index (χ1n) is 6.02. The molecule has 1 aliphatic rings. The first-order valence-corrected chi connectivity index (χ1v) is 6.02. The zero-order valence-electron chi connectivity index (χ0n) is 10.1. The molecule has 0 aliphatic heterocycles. The molecule has 2 aromatic heterocycles. The highest BCUT2D eigenvalue weighted by atomic mass is 16.5.